The van der Waals surface area contributed by atoms with E-state index in [-0.39, 0.29) is 11.8 Å². The average Bonchev–Trinajstić information content (AvgIpc) is 2.98. The molecule has 0 atom stereocenters. The van der Waals surface area contributed by atoms with Gasteiger partial charge >= 0.3 is 6.18 Å². The lowest BCUT2D eigenvalue weighted by Crippen LogP contribution is -2.43. The SMILES string of the molecule is [C-]#[N+]c1cccc(-c2ccc3c(c2)C(=O)C2(CCC(NCC(F)(F)F)CC2)C3)c1. The highest BCUT2D eigenvalue weighted by molar-refractivity contribution is 6.05. The van der Waals surface area contributed by atoms with Gasteiger partial charge in [-0.25, -0.2) is 4.85 Å². The Labute approximate surface area is 167 Å². The van der Waals surface area contributed by atoms with E-state index in [1.165, 1.54) is 0 Å². The molecule has 1 spiro atoms. The summed E-state index contributed by atoms with van der Waals surface area (Å²) in [4.78, 5) is 16.7. The van der Waals surface area contributed by atoms with Crippen LogP contribution in [0, 0.1) is 12.0 Å². The van der Waals surface area contributed by atoms with Gasteiger partial charge in [-0.15, -0.1) is 0 Å². The van der Waals surface area contributed by atoms with Gasteiger partial charge in [0.2, 0.25) is 0 Å². The molecule has 1 fully saturated rings. The molecule has 1 saturated carbocycles. The smallest absolute Gasteiger partial charge is 0.306 e. The van der Waals surface area contributed by atoms with Crippen LogP contribution in [-0.4, -0.2) is 24.5 Å². The van der Waals surface area contributed by atoms with Crippen molar-refractivity contribution in [2.75, 3.05) is 6.54 Å². The van der Waals surface area contributed by atoms with E-state index in [2.05, 4.69) is 10.2 Å². The maximum Gasteiger partial charge on any atom is 0.401 e. The van der Waals surface area contributed by atoms with Crippen molar-refractivity contribution in [1.29, 1.82) is 0 Å². The van der Waals surface area contributed by atoms with Crippen LogP contribution in [0.5, 0.6) is 0 Å². The highest BCUT2D eigenvalue weighted by Crippen LogP contribution is 2.48. The van der Waals surface area contributed by atoms with Crippen LogP contribution >= 0.6 is 0 Å². The molecule has 4 rings (SSSR count). The Morgan fingerprint density at radius 1 is 1.10 bits per heavy atom. The molecule has 0 bridgehead atoms. The van der Waals surface area contributed by atoms with E-state index < -0.39 is 18.1 Å². The summed E-state index contributed by atoms with van der Waals surface area (Å²) in [7, 11) is 0. The number of carbonyl (C=O) groups is 1. The predicted molar refractivity (Wildman–Crippen MR) is 105 cm³/mol. The summed E-state index contributed by atoms with van der Waals surface area (Å²) in [5.74, 6) is 0.116. The molecule has 150 valence electrons. The highest BCUT2D eigenvalue weighted by Gasteiger charge is 2.47. The van der Waals surface area contributed by atoms with Crippen molar-refractivity contribution < 1.29 is 18.0 Å². The number of nitrogens with zero attached hydrogens (tertiary/aromatic N) is 1. The molecule has 0 saturated heterocycles. The number of halogens is 3. The van der Waals surface area contributed by atoms with Crippen LogP contribution in [0.3, 0.4) is 0 Å². The molecule has 2 aromatic rings. The van der Waals surface area contributed by atoms with Crippen molar-refractivity contribution in [3.63, 3.8) is 0 Å². The van der Waals surface area contributed by atoms with E-state index in [9.17, 15) is 18.0 Å². The summed E-state index contributed by atoms with van der Waals surface area (Å²) >= 11 is 0. The predicted octanol–water partition coefficient (Wildman–Crippen LogP) is 5.72. The first-order valence-corrected chi connectivity index (χ1v) is 9.75. The lowest BCUT2D eigenvalue weighted by molar-refractivity contribution is -0.126. The van der Waals surface area contributed by atoms with Gasteiger partial charge in [-0.3, -0.25) is 4.79 Å². The van der Waals surface area contributed by atoms with Crippen LogP contribution in [0.2, 0.25) is 0 Å². The first kappa shape index (κ1) is 19.7. The van der Waals surface area contributed by atoms with Gasteiger partial charge in [-0.2, -0.15) is 13.2 Å². The van der Waals surface area contributed by atoms with E-state index >= 15 is 0 Å². The van der Waals surface area contributed by atoms with Crippen molar-refractivity contribution in [3.8, 4) is 11.1 Å². The lowest BCUT2D eigenvalue weighted by atomic mass is 9.70. The van der Waals surface area contributed by atoms with E-state index in [0.29, 0.717) is 37.8 Å². The third kappa shape index (κ3) is 3.92. The monoisotopic (exact) mass is 398 g/mol. The van der Waals surface area contributed by atoms with E-state index in [4.69, 9.17) is 6.57 Å². The molecule has 2 aliphatic rings. The van der Waals surface area contributed by atoms with Crippen LogP contribution < -0.4 is 5.32 Å². The fraction of sp³-hybridized carbons (Fsp3) is 0.391. The summed E-state index contributed by atoms with van der Waals surface area (Å²) in [6, 6.07) is 13.0. The second-order valence-corrected chi connectivity index (χ2v) is 8.09. The quantitative estimate of drug-likeness (QED) is 0.671. The molecule has 2 aliphatic carbocycles. The summed E-state index contributed by atoms with van der Waals surface area (Å²) < 4.78 is 37.3. The van der Waals surface area contributed by atoms with Gasteiger partial charge in [0.1, 0.15) is 0 Å². The van der Waals surface area contributed by atoms with Gasteiger partial charge in [0.05, 0.1) is 13.1 Å². The molecule has 0 aliphatic heterocycles. The second kappa shape index (κ2) is 7.31. The van der Waals surface area contributed by atoms with Crippen LogP contribution in [0.1, 0.15) is 41.6 Å². The molecule has 0 unspecified atom stereocenters. The molecule has 6 heteroatoms. The number of nitrogens with one attached hydrogen (secondary N) is 1. The van der Waals surface area contributed by atoms with Gasteiger partial charge in [-0.1, -0.05) is 30.3 Å². The van der Waals surface area contributed by atoms with E-state index in [1.807, 2.05) is 30.3 Å². The summed E-state index contributed by atoms with van der Waals surface area (Å²) in [6.07, 6.45) is -1.17. The third-order valence-electron chi connectivity index (χ3n) is 6.21. The van der Waals surface area contributed by atoms with Gasteiger partial charge in [0.15, 0.2) is 11.5 Å². The fourth-order valence-corrected chi connectivity index (χ4v) is 4.65. The van der Waals surface area contributed by atoms with Gasteiger partial charge in [-0.05, 0) is 60.9 Å². The normalized spacial score (nSPS) is 23.8. The minimum atomic E-state index is -4.21. The average molecular weight is 398 g/mol. The zero-order valence-corrected chi connectivity index (χ0v) is 15.9. The molecule has 0 heterocycles. The van der Waals surface area contributed by atoms with Gasteiger partial charge in [0, 0.05) is 17.0 Å². The zero-order valence-electron chi connectivity index (χ0n) is 15.9. The van der Waals surface area contributed by atoms with Crippen molar-refractivity contribution in [2.45, 2.75) is 44.3 Å². The molecule has 29 heavy (non-hydrogen) atoms. The Morgan fingerprint density at radius 3 is 2.52 bits per heavy atom. The maximum atomic E-state index is 13.3. The third-order valence-corrected chi connectivity index (χ3v) is 6.21. The Bertz CT molecular complexity index is 982. The van der Waals surface area contributed by atoms with Gasteiger partial charge < -0.3 is 5.32 Å². The number of carbonyl (C=O) groups excluding carboxylic acids is 1. The van der Waals surface area contributed by atoms with Crippen molar-refractivity contribution in [2.24, 2.45) is 5.41 Å². The topological polar surface area (TPSA) is 33.5 Å². The summed E-state index contributed by atoms with van der Waals surface area (Å²) in [6.45, 7) is 6.19. The molecule has 1 N–H and O–H groups in total. The number of hydrogen-bond donors (Lipinski definition) is 1. The first-order valence-electron chi connectivity index (χ1n) is 9.75. The summed E-state index contributed by atoms with van der Waals surface area (Å²) in [5.41, 5.74) is 3.61. The molecule has 0 aromatic heterocycles. The first-order chi connectivity index (χ1) is 13.8. The van der Waals surface area contributed by atoms with Crippen LogP contribution in [0.15, 0.2) is 42.5 Å². The molecule has 2 aromatic carbocycles. The Kier molecular flexibility index (Phi) is 4.95. The Hall–Kier alpha value is -2.65. The number of hydrogen-bond acceptors (Lipinski definition) is 2. The lowest BCUT2D eigenvalue weighted by Gasteiger charge is -2.36. The van der Waals surface area contributed by atoms with Crippen LogP contribution in [0.4, 0.5) is 18.9 Å². The summed E-state index contributed by atoms with van der Waals surface area (Å²) in [5, 5.41) is 2.58. The zero-order chi connectivity index (χ0) is 20.6. The van der Waals surface area contributed by atoms with Gasteiger partial charge in [0.25, 0.3) is 0 Å². The number of rotatable bonds is 3. The standard InChI is InChI=1S/C23H21F3N2O/c1-27-19-4-2-3-15(11-19)16-5-6-17-13-22(21(29)20(17)12-16)9-7-18(8-10-22)28-14-23(24,25)26/h2-6,11-12,18,28H,7-10,13-14H2. The number of Topliss-reactive ketones (excluding diaryl/α,β-unsaturated/α-hetero) is 1. The number of alkyl halides is 3. The molecular weight excluding hydrogens is 377 g/mol. The number of benzene rings is 2. The van der Waals surface area contributed by atoms with Crippen LogP contribution in [0.25, 0.3) is 16.0 Å². The van der Waals surface area contributed by atoms with Crippen molar-refractivity contribution in [1.82, 2.24) is 5.32 Å². The van der Waals surface area contributed by atoms with Crippen molar-refractivity contribution in [3.05, 3.63) is 65.0 Å². The number of fused-ring (bicyclic) bond motifs is 1. The fourth-order valence-electron chi connectivity index (χ4n) is 4.65. The Balaban J connectivity index is 1.50. The molecule has 3 nitrogen and oxygen atoms in total. The second-order valence-electron chi connectivity index (χ2n) is 8.09. The Morgan fingerprint density at radius 2 is 1.83 bits per heavy atom. The minimum absolute atomic E-state index is 0.116. The minimum Gasteiger partial charge on any atom is -0.306 e. The van der Waals surface area contributed by atoms with Crippen LogP contribution in [-0.2, 0) is 6.42 Å². The molecule has 0 amide bonds. The number of ketones is 1. The van der Waals surface area contributed by atoms with Crippen molar-refractivity contribution >= 4 is 11.5 Å². The maximum absolute atomic E-state index is 13.3. The largest absolute Gasteiger partial charge is 0.401 e. The molecule has 0 radical (unpaired) electrons. The highest BCUT2D eigenvalue weighted by atomic mass is 19.4. The van der Waals surface area contributed by atoms with E-state index in [1.54, 1.807) is 12.1 Å². The molecular formula is C23H21F3N2O. The van der Waals surface area contributed by atoms with E-state index in [0.717, 1.165) is 22.3 Å².